The van der Waals surface area contributed by atoms with E-state index >= 15 is 0 Å². The molecule has 140 valence electrons. The second-order valence-corrected chi connectivity index (χ2v) is 6.76. The van der Waals surface area contributed by atoms with Crippen LogP contribution in [0.1, 0.15) is 24.2 Å². The van der Waals surface area contributed by atoms with Crippen molar-refractivity contribution in [2.75, 3.05) is 13.7 Å². The number of methoxy groups -OCH3 is 1. The number of ether oxygens (including phenoxy) is 2. The molecule has 0 unspecified atom stereocenters. The highest BCUT2D eigenvalue weighted by molar-refractivity contribution is 6.33. The van der Waals surface area contributed by atoms with E-state index in [0.717, 1.165) is 0 Å². The van der Waals surface area contributed by atoms with Crippen molar-refractivity contribution >= 4 is 17.5 Å². The van der Waals surface area contributed by atoms with E-state index in [1.807, 2.05) is 26.0 Å². The SMILES string of the molecule is COc1ccc(C(=O)n2nc(OCC(C)C)nc2-c2ccccc2Cl)cc1. The lowest BCUT2D eigenvalue weighted by molar-refractivity contribution is 0.0944. The molecule has 6 nitrogen and oxygen atoms in total. The number of aromatic nitrogens is 3. The van der Waals surface area contributed by atoms with Gasteiger partial charge in [0.05, 0.1) is 18.7 Å². The van der Waals surface area contributed by atoms with E-state index in [2.05, 4.69) is 10.1 Å². The minimum atomic E-state index is -0.334. The summed E-state index contributed by atoms with van der Waals surface area (Å²) in [5, 5.41) is 4.74. The van der Waals surface area contributed by atoms with E-state index in [4.69, 9.17) is 21.1 Å². The summed E-state index contributed by atoms with van der Waals surface area (Å²) >= 11 is 6.31. The molecule has 0 radical (unpaired) electrons. The monoisotopic (exact) mass is 385 g/mol. The topological polar surface area (TPSA) is 66.2 Å². The summed E-state index contributed by atoms with van der Waals surface area (Å²) in [5.74, 6) is 0.968. The number of nitrogens with zero attached hydrogens (tertiary/aromatic N) is 3. The molecule has 27 heavy (non-hydrogen) atoms. The number of halogens is 1. The standard InChI is InChI=1S/C20H20ClN3O3/c1-13(2)12-27-20-22-18(16-6-4-5-7-17(16)21)24(23-20)19(25)14-8-10-15(26-3)11-9-14/h4-11,13H,12H2,1-3H3. The minimum Gasteiger partial charge on any atom is -0.497 e. The number of benzene rings is 2. The molecule has 0 atom stereocenters. The molecular weight excluding hydrogens is 366 g/mol. The first kappa shape index (κ1) is 18.9. The van der Waals surface area contributed by atoms with Crippen LogP contribution in [0.25, 0.3) is 11.4 Å². The van der Waals surface area contributed by atoms with E-state index in [9.17, 15) is 4.79 Å². The fourth-order valence-electron chi connectivity index (χ4n) is 2.41. The second-order valence-electron chi connectivity index (χ2n) is 6.35. The maximum Gasteiger partial charge on any atom is 0.336 e. The van der Waals surface area contributed by atoms with Crippen molar-refractivity contribution < 1.29 is 14.3 Å². The highest BCUT2D eigenvalue weighted by Crippen LogP contribution is 2.28. The highest BCUT2D eigenvalue weighted by atomic mass is 35.5. The summed E-state index contributed by atoms with van der Waals surface area (Å²) in [5.41, 5.74) is 1.05. The van der Waals surface area contributed by atoms with Gasteiger partial charge in [0.1, 0.15) is 5.75 Å². The van der Waals surface area contributed by atoms with Crippen molar-refractivity contribution in [2.24, 2.45) is 5.92 Å². The molecule has 1 aromatic heterocycles. The molecule has 0 N–H and O–H groups in total. The van der Waals surface area contributed by atoms with Gasteiger partial charge in [-0.2, -0.15) is 9.67 Å². The normalized spacial score (nSPS) is 10.9. The molecule has 1 heterocycles. The van der Waals surface area contributed by atoms with Crippen LogP contribution in [0.4, 0.5) is 0 Å². The van der Waals surface area contributed by atoms with Crippen LogP contribution in [0.2, 0.25) is 5.02 Å². The van der Waals surface area contributed by atoms with Crippen LogP contribution >= 0.6 is 11.6 Å². The van der Waals surface area contributed by atoms with Gasteiger partial charge in [-0.3, -0.25) is 4.79 Å². The van der Waals surface area contributed by atoms with Gasteiger partial charge in [0, 0.05) is 11.1 Å². The van der Waals surface area contributed by atoms with Crippen molar-refractivity contribution in [2.45, 2.75) is 13.8 Å². The first-order valence-corrected chi connectivity index (χ1v) is 8.91. The Morgan fingerprint density at radius 1 is 1.15 bits per heavy atom. The van der Waals surface area contributed by atoms with Gasteiger partial charge >= 0.3 is 6.01 Å². The molecule has 0 amide bonds. The van der Waals surface area contributed by atoms with E-state index in [1.54, 1.807) is 43.5 Å². The van der Waals surface area contributed by atoms with E-state index in [1.165, 1.54) is 4.68 Å². The van der Waals surface area contributed by atoms with Crippen molar-refractivity contribution in [3.05, 3.63) is 59.1 Å². The van der Waals surface area contributed by atoms with E-state index in [-0.39, 0.29) is 11.9 Å². The average Bonchev–Trinajstić information content (AvgIpc) is 3.10. The molecule has 0 spiro atoms. The Bertz CT molecular complexity index is 936. The number of rotatable bonds is 6. The van der Waals surface area contributed by atoms with Crippen molar-refractivity contribution in [3.8, 4) is 23.1 Å². The zero-order chi connectivity index (χ0) is 19.4. The Hall–Kier alpha value is -2.86. The Labute approximate surface area is 162 Å². The maximum atomic E-state index is 13.0. The smallest absolute Gasteiger partial charge is 0.336 e. The Kier molecular flexibility index (Phi) is 5.76. The molecule has 0 aliphatic rings. The fraction of sp³-hybridized carbons (Fsp3) is 0.250. The van der Waals surface area contributed by atoms with Crippen LogP contribution in [0.5, 0.6) is 11.8 Å². The first-order chi connectivity index (χ1) is 13.0. The Morgan fingerprint density at radius 2 is 1.85 bits per heavy atom. The largest absolute Gasteiger partial charge is 0.497 e. The third-order valence-electron chi connectivity index (χ3n) is 3.78. The molecule has 7 heteroatoms. The van der Waals surface area contributed by atoms with Gasteiger partial charge < -0.3 is 9.47 Å². The molecule has 2 aromatic carbocycles. The summed E-state index contributed by atoms with van der Waals surface area (Å²) in [7, 11) is 1.57. The van der Waals surface area contributed by atoms with Crippen LogP contribution in [0.15, 0.2) is 48.5 Å². The number of hydrogen-bond donors (Lipinski definition) is 0. The number of carbonyl (C=O) groups is 1. The third-order valence-corrected chi connectivity index (χ3v) is 4.11. The first-order valence-electron chi connectivity index (χ1n) is 8.53. The Balaban J connectivity index is 2.03. The van der Waals surface area contributed by atoms with Crippen LogP contribution in [-0.2, 0) is 0 Å². The summed E-state index contributed by atoms with van der Waals surface area (Å²) in [4.78, 5) is 17.4. The maximum absolute atomic E-state index is 13.0. The lowest BCUT2D eigenvalue weighted by Gasteiger charge is -2.06. The van der Waals surface area contributed by atoms with Gasteiger partial charge in [0.15, 0.2) is 5.82 Å². The predicted octanol–water partition coefficient (Wildman–Crippen LogP) is 4.33. The Morgan fingerprint density at radius 3 is 2.48 bits per heavy atom. The van der Waals surface area contributed by atoms with Crippen molar-refractivity contribution in [3.63, 3.8) is 0 Å². The van der Waals surface area contributed by atoms with E-state index in [0.29, 0.717) is 40.2 Å². The van der Waals surface area contributed by atoms with Gasteiger partial charge in [0.2, 0.25) is 0 Å². The lowest BCUT2D eigenvalue weighted by Crippen LogP contribution is -2.15. The molecule has 0 fully saturated rings. The second kappa shape index (κ2) is 8.22. The van der Waals surface area contributed by atoms with E-state index < -0.39 is 0 Å². The molecule has 3 rings (SSSR count). The molecule has 0 aliphatic carbocycles. The lowest BCUT2D eigenvalue weighted by atomic mass is 10.2. The van der Waals surface area contributed by atoms with Crippen molar-refractivity contribution in [1.29, 1.82) is 0 Å². The summed E-state index contributed by atoms with van der Waals surface area (Å²) in [6.45, 7) is 4.49. The fourth-order valence-corrected chi connectivity index (χ4v) is 2.63. The summed E-state index contributed by atoms with van der Waals surface area (Å²) in [6.07, 6.45) is 0. The number of hydrogen-bond acceptors (Lipinski definition) is 5. The molecule has 0 saturated heterocycles. The minimum absolute atomic E-state index is 0.139. The third kappa shape index (κ3) is 4.28. The number of carbonyl (C=O) groups excluding carboxylic acids is 1. The van der Waals surface area contributed by atoms with Crippen molar-refractivity contribution in [1.82, 2.24) is 14.8 Å². The van der Waals surface area contributed by atoms with Crippen LogP contribution in [0, 0.1) is 5.92 Å². The summed E-state index contributed by atoms with van der Waals surface area (Å²) in [6, 6.07) is 14.1. The van der Waals surface area contributed by atoms with Crippen LogP contribution in [-0.4, -0.2) is 34.4 Å². The molecule has 0 bridgehead atoms. The molecule has 0 saturated carbocycles. The molecule has 0 aliphatic heterocycles. The summed E-state index contributed by atoms with van der Waals surface area (Å²) < 4.78 is 12.0. The highest BCUT2D eigenvalue weighted by Gasteiger charge is 2.21. The van der Waals surface area contributed by atoms with Gasteiger partial charge in [-0.25, -0.2) is 0 Å². The van der Waals surface area contributed by atoms with Gasteiger partial charge in [-0.15, -0.1) is 5.10 Å². The van der Waals surface area contributed by atoms with Gasteiger partial charge in [0.25, 0.3) is 5.91 Å². The zero-order valence-corrected chi connectivity index (χ0v) is 16.1. The van der Waals surface area contributed by atoms with Crippen LogP contribution in [0.3, 0.4) is 0 Å². The van der Waals surface area contributed by atoms with Gasteiger partial charge in [-0.1, -0.05) is 37.6 Å². The average molecular weight is 386 g/mol. The molecule has 3 aromatic rings. The van der Waals surface area contributed by atoms with Crippen LogP contribution < -0.4 is 9.47 Å². The quantitative estimate of drug-likeness (QED) is 0.631. The predicted molar refractivity (Wildman–Crippen MR) is 104 cm³/mol. The molecular formula is C20H20ClN3O3. The zero-order valence-electron chi connectivity index (χ0n) is 15.3. The van der Waals surface area contributed by atoms with Gasteiger partial charge in [-0.05, 0) is 42.3 Å².